The fourth-order valence-electron chi connectivity index (χ4n) is 2.09. The van der Waals surface area contributed by atoms with Crippen LogP contribution in [0.3, 0.4) is 0 Å². The SMILES string of the molecule is [c-]1c(C[Se]c2ccccc2)cccc1C[Se]c1ccccc1. The Morgan fingerprint density at radius 3 is 1.45 bits per heavy atom. The van der Waals surface area contributed by atoms with Crippen molar-refractivity contribution < 1.29 is 0 Å². The number of hydrogen-bond donors (Lipinski definition) is 0. The molecule has 0 atom stereocenters. The van der Waals surface area contributed by atoms with Gasteiger partial charge >= 0.3 is 146 Å². The van der Waals surface area contributed by atoms with Gasteiger partial charge in [-0.3, -0.25) is 0 Å². The van der Waals surface area contributed by atoms with Crippen LogP contribution in [0.1, 0.15) is 11.1 Å². The Morgan fingerprint density at radius 1 is 0.545 bits per heavy atom. The summed E-state index contributed by atoms with van der Waals surface area (Å²) in [6.45, 7) is 0. The summed E-state index contributed by atoms with van der Waals surface area (Å²) in [5.74, 6) is 0. The molecule has 3 rings (SSSR count). The topological polar surface area (TPSA) is 0 Å². The summed E-state index contributed by atoms with van der Waals surface area (Å²) in [6, 6.07) is 31.8. The van der Waals surface area contributed by atoms with Gasteiger partial charge in [0.2, 0.25) is 0 Å². The molecule has 110 valence electrons. The Hall–Kier alpha value is -1.30. The van der Waals surface area contributed by atoms with Gasteiger partial charge in [0, 0.05) is 0 Å². The van der Waals surface area contributed by atoms with E-state index in [0.29, 0.717) is 29.9 Å². The third kappa shape index (κ3) is 4.86. The molecule has 0 fully saturated rings. The van der Waals surface area contributed by atoms with E-state index >= 15 is 0 Å². The Morgan fingerprint density at radius 2 is 1.00 bits per heavy atom. The first-order valence-electron chi connectivity index (χ1n) is 7.26. The fourth-order valence-corrected chi connectivity index (χ4v) is 5.62. The Balaban J connectivity index is 1.58. The molecule has 0 aromatic heterocycles. The maximum atomic E-state index is 3.62. The molecule has 0 amide bonds. The van der Waals surface area contributed by atoms with Crippen LogP contribution in [0.5, 0.6) is 0 Å². The molecule has 0 radical (unpaired) electrons. The van der Waals surface area contributed by atoms with Crippen molar-refractivity contribution in [3.05, 3.63) is 96.1 Å². The van der Waals surface area contributed by atoms with Gasteiger partial charge < -0.3 is 0 Å². The van der Waals surface area contributed by atoms with Crippen LogP contribution in [-0.2, 0) is 10.6 Å². The quantitative estimate of drug-likeness (QED) is 0.429. The molecule has 0 aliphatic heterocycles. The zero-order valence-electron chi connectivity index (χ0n) is 12.2. The molecular weight excluding hydrogens is 398 g/mol. The van der Waals surface area contributed by atoms with Gasteiger partial charge in [-0.05, 0) is 0 Å². The van der Waals surface area contributed by atoms with Crippen LogP contribution in [0.15, 0.2) is 78.9 Å². The second-order valence-corrected chi connectivity index (χ2v) is 9.31. The molecule has 0 spiro atoms. The molecule has 0 saturated heterocycles. The van der Waals surface area contributed by atoms with E-state index in [1.165, 1.54) is 20.1 Å². The van der Waals surface area contributed by atoms with Gasteiger partial charge in [-0.1, -0.05) is 0 Å². The van der Waals surface area contributed by atoms with Gasteiger partial charge in [-0.2, -0.15) is 0 Å². The Bertz CT molecular complexity index is 634. The molecule has 0 aliphatic rings. The van der Waals surface area contributed by atoms with E-state index in [0.717, 1.165) is 10.6 Å². The predicted molar refractivity (Wildman–Crippen MR) is 96.3 cm³/mol. The molecule has 3 aromatic rings. The molecule has 2 heteroatoms. The summed E-state index contributed by atoms with van der Waals surface area (Å²) < 4.78 is 2.92. The average molecular weight is 415 g/mol. The van der Waals surface area contributed by atoms with E-state index < -0.39 is 0 Å². The normalized spacial score (nSPS) is 10.5. The molecule has 0 saturated carbocycles. The van der Waals surface area contributed by atoms with Crippen molar-refractivity contribution in [2.24, 2.45) is 0 Å². The van der Waals surface area contributed by atoms with Crippen molar-refractivity contribution in [1.82, 2.24) is 0 Å². The number of benzene rings is 3. The average Bonchev–Trinajstić information content (AvgIpc) is 2.60. The summed E-state index contributed by atoms with van der Waals surface area (Å²) in [6.07, 6.45) is 0. The van der Waals surface area contributed by atoms with Crippen molar-refractivity contribution >= 4 is 38.8 Å². The second kappa shape index (κ2) is 8.36. The van der Waals surface area contributed by atoms with E-state index in [1.54, 1.807) is 0 Å². The molecule has 0 unspecified atom stereocenters. The summed E-state index contributed by atoms with van der Waals surface area (Å²) in [4.78, 5) is 0. The fraction of sp³-hybridized carbons (Fsp3) is 0.100. The van der Waals surface area contributed by atoms with E-state index in [9.17, 15) is 0 Å². The van der Waals surface area contributed by atoms with Crippen LogP contribution in [-0.4, -0.2) is 29.9 Å². The molecule has 3 aromatic carbocycles. The Kier molecular flexibility index (Phi) is 5.93. The van der Waals surface area contributed by atoms with Crippen molar-refractivity contribution in [1.29, 1.82) is 0 Å². The van der Waals surface area contributed by atoms with Crippen molar-refractivity contribution in [3.8, 4) is 0 Å². The van der Waals surface area contributed by atoms with Crippen LogP contribution >= 0.6 is 0 Å². The van der Waals surface area contributed by atoms with E-state index in [2.05, 4.69) is 84.9 Å². The Labute approximate surface area is 145 Å². The summed E-state index contributed by atoms with van der Waals surface area (Å²) in [5.41, 5.74) is 2.70. The van der Waals surface area contributed by atoms with Gasteiger partial charge in [0.1, 0.15) is 0 Å². The summed E-state index contributed by atoms with van der Waals surface area (Å²) in [5, 5.41) is 2.26. The zero-order chi connectivity index (χ0) is 15.0. The minimum atomic E-state index is 0.501. The second-order valence-electron chi connectivity index (χ2n) is 4.90. The third-order valence-corrected chi connectivity index (χ3v) is 7.64. The first-order chi connectivity index (χ1) is 10.9. The molecule has 22 heavy (non-hydrogen) atoms. The first kappa shape index (κ1) is 15.6. The molecule has 0 aliphatic carbocycles. The standard InChI is InChI=1S/C20H17Se2/c1-3-10-19(11-4-1)21-15-17-8-7-9-18(14-17)16-22-20-12-5-2-6-13-20/h1-13H,15-16H2/q-1. The molecule has 0 N–H and O–H groups in total. The predicted octanol–water partition coefficient (Wildman–Crippen LogP) is 2.55. The van der Waals surface area contributed by atoms with Crippen molar-refractivity contribution in [2.75, 3.05) is 0 Å². The van der Waals surface area contributed by atoms with Crippen LogP contribution < -0.4 is 8.92 Å². The number of hydrogen-bond acceptors (Lipinski definition) is 0. The first-order valence-corrected chi connectivity index (χ1v) is 11.4. The van der Waals surface area contributed by atoms with Crippen molar-refractivity contribution in [3.63, 3.8) is 0 Å². The number of rotatable bonds is 6. The van der Waals surface area contributed by atoms with Gasteiger partial charge in [0.25, 0.3) is 0 Å². The molecule has 0 heterocycles. The summed E-state index contributed by atoms with van der Waals surface area (Å²) >= 11 is 1.00. The van der Waals surface area contributed by atoms with E-state index in [-0.39, 0.29) is 0 Å². The minimum absolute atomic E-state index is 0.501. The van der Waals surface area contributed by atoms with Gasteiger partial charge in [-0.25, -0.2) is 0 Å². The van der Waals surface area contributed by atoms with Crippen LogP contribution in [0.2, 0.25) is 0 Å². The third-order valence-electron chi connectivity index (χ3n) is 3.19. The van der Waals surface area contributed by atoms with Crippen LogP contribution in [0.4, 0.5) is 0 Å². The van der Waals surface area contributed by atoms with Crippen molar-refractivity contribution in [2.45, 2.75) is 10.6 Å². The maximum absolute atomic E-state index is 3.62. The van der Waals surface area contributed by atoms with Gasteiger partial charge in [0.15, 0.2) is 0 Å². The van der Waals surface area contributed by atoms with Gasteiger partial charge in [0.05, 0.1) is 0 Å². The molecule has 0 bridgehead atoms. The zero-order valence-corrected chi connectivity index (χ0v) is 15.7. The van der Waals surface area contributed by atoms with E-state index in [4.69, 9.17) is 0 Å². The molecule has 0 nitrogen and oxygen atoms in total. The van der Waals surface area contributed by atoms with Gasteiger partial charge in [-0.15, -0.1) is 0 Å². The van der Waals surface area contributed by atoms with E-state index in [1.807, 2.05) is 0 Å². The van der Waals surface area contributed by atoms with Crippen LogP contribution in [0.25, 0.3) is 0 Å². The summed E-state index contributed by atoms with van der Waals surface area (Å²) in [7, 11) is 0. The van der Waals surface area contributed by atoms with Crippen LogP contribution in [0, 0.1) is 6.07 Å². The molecular formula is C20H17Se2-. The monoisotopic (exact) mass is 417 g/mol.